The van der Waals surface area contributed by atoms with Gasteiger partial charge in [-0.05, 0) is 79.4 Å². The van der Waals surface area contributed by atoms with Crippen LogP contribution in [0.3, 0.4) is 0 Å². The second-order valence-corrected chi connectivity index (χ2v) is 13.0. The Balaban J connectivity index is 0.000000193. The van der Waals surface area contributed by atoms with Gasteiger partial charge in [0.2, 0.25) is 0 Å². The first-order valence-corrected chi connectivity index (χ1v) is 17.9. The molecule has 0 bridgehead atoms. The van der Waals surface area contributed by atoms with Crippen LogP contribution in [0.1, 0.15) is 76.0 Å². The van der Waals surface area contributed by atoms with E-state index in [0.29, 0.717) is 11.3 Å². The number of aromatic nitrogens is 6. The molecule has 3 aromatic heterocycles. The largest absolute Gasteiger partial charge is 0.478 e. The molecule has 0 saturated carbocycles. The molecule has 1 atom stereocenters. The molecule has 0 spiro atoms. The third-order valence-corrected chi connectivity index (χ3v) is 9.11. The van der Waals surface area contributed by atoms with E-state index in [1.54, 1.807) is 43.1 Å². The van der Waals surface area contributed by atoms with Gasteiger partial charge in [-0.3, -0.25) is 14.8 Å². The lowest BCUT2D eigenvalue weighted by atomic mass is 10.00. The van der Waals surface area contributed by atoms with E-state index < -0.39 is 5.97 Å². The molecular formula is C44H43N7O3. The minimum atomic E-state index is -0.932. The zero-order valence-corrected chi connectivity index (χ0v) is 31.1. The zero-order chi connectivity index (χ0) is 38.2. The van der Waals surface area contributed by atoms with Crippen LogP contribution in [0.4, 0.5) is 0 Å². The van der Waals surface area contributed by atoms with Gasteiger partial charge in [0.25, 0.3) is 5.91 Å². The Morgan fingerprint density at radius 1 is 0.648 bits per heavy atom. The van der Waals surface area contributed by atoms with Crippen LogP contribution in [0.5, 0.6) is 0 Å². The molecule has 1 amide bonds. The van der Waals surface area contributed by atoms with Gasteiger partial charge in [-0.25, -0.2) is 14.8 Å². The maximum absolute atomic E-state index is 13.2. The Bertz CT molecular complexity index is 2360. The molecule has 0 aliphatic carbocycles. The number of carbonyl (C=O) groups excluding carboxylic acids is 1. The molecule has 54 heavy (non-hydrogen) atoms. The lowest BCUT2D eigenvalue weighted by Gasteiger charge is -2.16. The number of amides is 1. The number of carbonyl (C=O) groups is 2. The van der Waals surface area contributed by atoms with E-state index in [2.05, 4.69) is 69.4 Å². The minimum Gasteiger partial charge on any atom is -0.478 e. The number of carboxylic acid groups (broad SMARTS) is 1. The van der Waals surface area contributed by atoms with Crippen molar-refractivity contribution in [2.45, 2.75) is 53.5 Å². The Labute approximate surface area is 315 Å². The molecule has 272 valence electrons. The first-order chi connectivity index (χ1) is 26.1. The standard InChI is InChI=1S/C25H25N5O.C19H18N2O2/c1-4-24-28-11-12-30(24)22-14-20(19-7-5-17(2)6-8-19)13-21(15-22)25(31)29-18(3)23-16-26-9-10-27-23;1-3-18-20-8-9-21(18)17-11-15(10-16(12-17)19(22)23)14-6-4-13(2)5-7-14/h5-16,18H,4H2,1-3H3,(H,29,31);4-12H,3H2,1-2H3,(H,22,23). The van der Waals surface area contributed by atoms with Gasteiger partial charge >= 0.3 is 5.97 Å². The predicted molar refractivity (Wildman–Crippen MR) is 211 cm³/mol. The quantitative estimate of drug-likeness (QED) is 0.145. The molecule has 2 N–H and O–H groups in total. The lowest BCUT2D eigenvalue weighted by molar-refractivity contribution is 0.0696. The number of imidazole rings is 2. The van der Waals surface area contributed by atoms with Crippen LogP contribution < -0.4 is 5.32 Å². The summed E-state index contributed by atoms with van der Waals surface area (Å²) in [5.74, 6) is 0.757. The molecule has 0 fully saturated rings. The van der Waals surface area contributed by atoms with E-state index >= 15 is 0 Å². The monoisotopic (exact) mass is 717 g/mol. The molecule has 0 aliphatic rings. The fourth-order valence-corrected chi connectivity index (χ4v) is 6.13. The Morgan fingerprint density at radius 2 is 1.15 bits per heavy atom. The van der Waals surface area contributed by atoms with Crippen molar-refractivity contribution in [1.29, 1.82) is 0 Å². The van der Waals surface area contributed by atoms with Crippen molar-refractivity contribution in [1.82, 2.24) is 34.4 Å². The fraction of sp³-hybridized carbons (Fsp3) is 0.182. The maximum Gasteiger partial charge on any atom is 0.335 e. The van der Waals surface area contributed by atoms with Crippen LogP contribution in [0, 0.1) is 13.8 Å². The number of hydrogen-bond donors (Lipinski definition) is 2. The lowest BCUT2D eigenvalue weighted by Crippen LogP contribution is -2.27. The van der Waals surface area contributed by atoms with E-state index in [1.807, 2.05) is 84.8 Å². The van der Waals surface area contributed by atoms with Crippen LogP contribution in [0.2, 0.25) is 0 Å². The summed E-state index contributed by atoms with van der Waals surface area (Å²) < 4.78 is 3.96. The third-order valence-electron chi connectivity index (χ3n) is 9.11. The Kier molecular flexibility index (Phi) is 11.5. The number of nitrogens with one attached hydrogen (secondary N) is 1. The summed E-state index contributed by atoms with van der Waals surface area (Å²) >= 11 is 0. The van der Waals surface area contributed by atoms with Crippen molar-refractivity contribution < 1.29 is 14.7 Å². The van der Waals surface area contributed by atoms with E-state index in [-0.39, 0.29) is 17.5 Å². The molecule has 0 radical (unpaired) electrons. The summed E-state index contributed by atoms with van der Waals surface area (Å²) in [7, 11) is 0. The van der Waals surface area contributed by atoms with Crippen LogP contribution in [-0.2, 0) is 12.8 Å². The third kappa shape index (κ3) is 8.67. The normalized spacial score (nSPS) is 11.4. The average molecular weight is 718 g/mol. The van der Waals surface area contributed by atoms with Gasteiger partial charge in [0.1, 0.15) is 11.6 Å². The van der Waals surface area contributed by atoms with Crippen molar-refractivity contribution in [3.05, 3.63) is 168 Å². The van der Waals surface area contributed by atoms with Crippen molar-refractivity contribution >= 4 is 11.9 Å². The first-order valence-electron chi connectivity index (χ1n) is 17.9. The summed E-state index contributed by atoms with van der Waals surface area (Å²) in [6, 6.07) is 27.4. The summed E-state index contributed by atoms with van der Waals surface area (Å²) in [5.41, 5.74) is 9.58. The van der Waals surface area contributed by atoms with Crippen molar-refractivity contribution in [3.63, 3.8) is 0 Å². The van der Waals surface area contributed by atoms with Crippen molar-refractivity contribution in [3.8, 4) is 33.6 Å². The van der Waals surface area contributed by atoms with E-state index in [0.717, 1.165) is 58.1 Å². The molecule has 0 aliphatic heterocycles. The topological polar surface area (TPSA) is 128 Å². The van der Waals surface area contributed by atoms with Gasteiger partial charge in [0.05, 0.1) is 23.5 Å². The Hall–Kier alpha value is -6.68. The van der Waals surface area contributed by atoms with Crippen LogP contribution in [0.15, 0.2) is 128 Å². The number of aryl methyl sites for hydroxylation is 4. The molecule has 3 heterocycles. The van der Waals surface area contributed by atoms with Crippen LogP contribution in [-0.4, -0.2) is 46.1 Å². The highest BCUT2D eigenvalue weighted by Gasteiger charge is 2.17. The molecular weight excluding hydrogens is 675 g/mol. The second kappa shape index (κ2) is 16.8. The van der Waals surface area contributed by atoms with Gasteiger partial charge in [-0.15, -0.1) is 0 Å². The smallest absolute Gasteiger partial charge is 0.335 e. The number of rotatable bonds is 10. The molecule has 4 aromatic carbocycles. The summed E-state index contributed by atoms with van der Waals surface area (Å²) in [6.45, 7) is 10.1. The van der Waals surface area contributed by atoms with Gasteiger partial charge in [0, 0.05) is 67.0 Å². The fourth-order valence-electron chi connectivity index (χ4n) is 6.13. The Morgan fingerprint density at radius 3 is 1.61 bits per heavy atom. The summed E-state index contributed by atoms with van der Waals surface area (Å²) in [5, 5.41) is 12.5. The maximum atomic E-state index is 13.2. The number of benzene rings is 4. The zero-order valence-electron chi connectivity index (χ0n) is 31.1. The number of aromatic carboxylic acids is 1. The SMILES string of the molecule is CCc1nccn1-c1cc(C(=O)NC(C)c2cnccn2)cc(-c2ccc(C)cc2)c1.CCc1nccn1-c1cc(C(=O)O)cc(-c2ccc(C)cc2)c1. The second-order valence-electron chi connectivity index (χ2n) is 13.0. The van der Waals surface area contributed by atoms with E-state index in [4.69, 9.17) is 0 Å². The van der Waals surface area contributed by atoms with Gasteiger partial charge in [-0.2, -0.15) is 0 Å². The van der Waals surface area contributed by atoms with E-state index in [1.165, 1.54) is 11.1 Å². The summed E-state index contributed by atoms with van der Waals surface area (Å²) in [6.07, 6.45) is 13.8. The highest BCUT2D eigenvalue weighted by molar-refractivity contribution is 5.96. The van der Waals surface area contributed by atoms with Crippen LogP contribution >= 0.6 is 0 Å². The van der Waals surface area contributed by atoms with Gasteiger partial charge in [0.15, 0.2) is 0 Å². The molecule has 10 nitrogen and oxygen atoms in total. The molecule has 0 saturated heterocycles. The van der Waals surface area contributed by atoms with Crippen molar-refractivity contribution in [2.24, 2.45) is 0 Å². The molecule has 7 rings (SSSR count). The highest BCUT2D eigenvalue weighted by Crippen LogP contribution is 2.27. The van der Waals surface area contributed by atoms with Gasteiger partial charge in [-0.1, -0.05) is 73.5 Å². The van der Waals surface area contributed by atoms with E-state index in [9.17, 15) is 14.7 Å². The molecule has 10 heteroatoms. The number of carboxylic acids is 1. The summed E-state index contributed by atoms with van der Waals surface area (Å²) in [4.78, 5) is 41.8. The van der Waals surface area contributed by atoms with Crippen LogP contribution in [0.25, 0.3) is 33.6 Å². The van der Waals surface area contributed by atoms with Crippen molar-refractivity contribution in [2.75, 3.05) is 0 Å². The molecule has 1 unspecified atom stereocenters. The predicted octanol–water partition coefficient (Wildman–Crippen LogP) is 8.80. The van der Waals surface area contributed by atoms with Gasteiger partial charge < -0.3 is 19.6 Å². The number of nitrogens with zero attached hydrogens (tertiary/aromatic N) is 6. The highest BCUT2D eigenvalue weighted by atomic mass is 16.4. The molecule has 7 aromatic rings. The average Bonchev–Trinajstić information content (AvgIpc) is 3.89. The first kappa shape index (κ1) is 37.1. The number of hydrogen-bond acceptors (Lipinski definition) is 6. The minimum absolute atomic E-state index is 0.161.